The number of nitrogens with zero attached hydrogens (tertiary/aromatic N) is 5. The molecule has 11 nitrogen and oxygen atoms in total. The van der Waals surface area contributed by atoms with Crippen molar-refractivity contribution < 1.29 is 19.4 Å². The second-order valence-corrected chi connectivity index (χ2v) is 10.8. The van der Waals surface area contributed by atoms with E-state index in [0.717, 1.165) is 65.8 Å². The van der Waals surface area contributed by atoms with Crippen LogP contribution < -0.4 is 15.5 Å². The van der Waals surface area contributed by atoms with E-state index >= 15 is 0 Å². The number of alkyl carbamates (subject to hydrolysis) is 1. The minimum atomic E-state index is -1.21. The summed E-state index contributed by atoms with van der Waals surface area (Å²) in [6.45, 7) is 7.68. The van der Waals surface area contributed by atoms with Crippen molar-refractivity contribution in [1.82, 2.24) is 24.8 Å². The van der Waals surface area contributed by atoms with Crippen LogP contribution in [0.3, 0.4) is 0 Å². The normalized spacial score (nSPS) is 14.3. The molecule has 5 rings (SSSR count). The van der Waals surface area contributed by atoms with Crippen LogP contribution in [0.4, 0.5) is 16.4 Å². The summed E-state index contributed by atoms with van der Waals surface area (Å²) in [7, 11) is 0. The maximum Gasteiger partial charge on any atom is 0.408 e. The van der Waals surface area contributed by atoms with Crippen LogP contribution in [0.2, 0.25) is 0 Å². The fourth-order valence-electron chi connectivity index (χ4n) is 5.45. The van der Waals surface area contributed by atoms with E-state index in [9.17, 15) is 14.7 Å². The van der Waals surface area contributed by atoms with Gasteiger partial charge < -0.3 is 29.9 Å². The van der Waals surface area contributed by atoms with Crippen molar-refractivity contribution >= 4 is 23.7 Å². The molecule has 0 aliphatic carbocycles. The highest BCUT2D eigenvalue weighted by atomic mass is 16.5. The maximum absolute atomic E-state index is 12.2. The van der Waals surface area contributed by atoms with Crippen molar-refractivity contribution in [1.29, 1.82) is 0 Å². The van der Waals surface area contributed by atoms with Gasteiger partial charge in [0.1, 0.15) is 36.4 Å². The zero-order valence-corrected chi connectivity index (χ0v) is 24.7. The number of aromatic nitrogens is 4. The van der Waals surface area contributed by atoms with Crippen LogP contribution in [-0.2, 0) is 16.1 Å². The second kappa shape index (κ2) is 13.4. The van der Waals surface area contributed by atoms with Crippen molar-refractivity contribution in [3.05, 3.63) is 95.2 Å². The van der Waals surface area contributed by atoms with Gasteiger partial charge in [-0.2, -0.15) is 0 Å². The van der Waals surface area contributed by atoms with Gasteiger partial charge in [0, 0.05) is 48.2 Å². The third kappa shape index (κ3) is 7.11. The number of carbonyl (C=O) groups is 2. The average Bonchev–Trinajstić information content (AvgIpc) is 3.36. The lowest BCUT2D eigenvalue weighted by molar-refractivity contribution is -0.139. The molecule has 11 heteroatoms. The number of hydrogen-bond acceptors (Lipinski definition) is 8. The molecule has 0 saturated carbocycles. The number of ether oxygens (including phenoxy) is 1. The van der Waals surface area contributed by atoms with Crippen molar-refractivity contribution in [2.45, 2.75) is 52.2 Å². The number of rotatable bonds is 10. The van der Waals surface area contributed by atoms with Crippen molar-refractivity contribution in [3.8, 4) is 5.82 Å². The Balaban J connectivity index is 1.18. The van der Waals surface area contributed by atoms with Gasteiger partial charge in [-0.15, -0.1) is 0 Å². The second-order valence-electron chi connectivity index (χ2n) is 10.8. The number of pyridine rings is 1. The van der Waals surface area contributed by atoms with E-state index in [1.165, 1.54) is 6.33 Å². The first-order valence-electron chi connectivity index (χ1n) is 14.4. The average molecular weight is 584 g/mol. The van der Waals surface area contributed by atoms with Gasteiger partial charge in [0.25, 0.3) is 0 Å². The Morgan fingerprint density at radius 2 is 1.70 bits per heavy atom. The Kier molecular flexibility index (Phi) is 9.19. The summed E-state index contributed by atoms with van der Waals surface area (Å²) >= 11 is 0. The molecule has 224 valence electrons. The van der Waals surface area contributed by atoms with E-state index in [0.29, 0.717) is 11.7 Å². The molecule has 4 heterocycles. The fraction of sp³-hybridized carbons (Fsp3) is 0.344. The fourth-order valence-corrected chi connectivity index (χ4v) is 5.45. The van der Waals surface area contributed by atoms with E-state index in [1.54, 1.807) is 0 Å². The van der Waals surface area contributed by atoms with Crippen LogP contribution in [0, 0.1) is 20.8 Å². The standard InChI is InChI=1S/C32H37N7O4/c1-21-12-13-22(2)39(21)28-11-7-10-26(36-28)25-14-16-38(17-15-25)30-23(3)29(34-20-35-30)33-18-27(31(40)41)37-32(42)43-19-24-8-5-4-6-9-24/h4-13,20,25,27H,14-19H2,1-3H3,(H,37,42)(H,40,41)(H,33,34,35). The number of nitrogens with one attached hydrogen (secondary N) is 2. The van der Waals surface area contributed by atoms with Gasteiger partial charge in [0.05, 0.1) is 0 Å². The minimum absolute atomic E-state index is 0.0471. The largest absolute Gasteiger partial charge is 0.480 e. The zero-order chi connectivity index (χ0) is 30.3. The smallest absolute Gasteiger partial charge is 0.408 e. The Morgan fingerprint density at radius 3 is 2.40 bits per heavy atom. The summed E-state index contributed by atoms with van der Waals surface area (Å²) in [5.74, 6) is 1.43. The van der Waals surface area contributed by atoms with Crippen LogP contribution in [-0.4, -0.2) is 62.4 Å². The monoisotopic (exact) mass is 583 g/mol. The first-order valence-corrected chi connectivity index (χ1v) is 14.4. The number of carbonyl (C=O) groups excluding carboxylic acids is 1. The number of piperidine rings is 1. The predicted octanol–water partition coefficient (Wildman–Crippen LogP) is 4.76. The maximum atomic E-state index is 12.2. The first kappa shape index (κ1) is 29.6. The highest BCUT2D eigenvalue weighted by Crippen LogP contribution is 2.32. The number of aliphatic carboxylic acids is 1. The molecule has 1 aromatic carbocycles. The Morgan fingerprint density at radius 1 is 0.977 bits per heavy atom. The number of anilines is 2. The van der Waals surface area contributed by atoms with Crippen LogP contribution in [0.1, 0.15) is 47.0 Å². The molecule has 4 aromatic rings. The lowest BCUT2D eigenvalue weighted by atomic mass is 9.93. The number of aryl methyl sites for hydroxylation is 2. The van der Waals surface area contributed by atoms with Crippen molar-refractivity contribution in [3.63, 3.8) is 0 Å². The molecule has 1 fully saturated rings. The molecule has 1 aliphatic rings. The lowest BCUT2D eigenvalue weighted by Crippen LogP contribution is -2.45. The van der Waals surface area contributed by atoms with Gasteiger partial charge in [0.15, 0.2) is 0 Å². The summed E-state index contributed by atoms with van der Waals surface area (Å²) in [6.07, 6.45) is 2.53. The number of carboxylic acid groups (broad SMARTS) is 1. The van der Waals surface area contributed by atoms with Crippen LogP contribution in [0.5, 0.6) is 0 Å². The van der Waals surface area contributed by atoms with Gasteiger partial charge in [-0.3, -0.25) is 0 Å². The van der Waals surface area contributed by atoms with E-state index < -0.39 is 18.1 Å². The van der Waals surface area contributed by atoms with E-state index in [4.69, 9.17) is 9.72 Å². The third-order valence-electron chi connectivity index (χ3n) is 7.80. The van der Waals surface area contributed by atoms with Gasteiger partial charge in [-0.1, -0.05) is 36.4 Å². The summed E-state index contributed by atoms with van der Waals surface area (Å²) < 4.78 is 7.36. The van der Waals surface area contributed by atoms with E-state index in [1.807, 2.05) is 37.3 Å². The minimum Gasteiger partial charge on any atom is -0.480 e. The van der Waals surface area contributed by atoms with Crippen LogP contribution >= 0.6 is 0 Å². The van der Waals surface area contributed by atoms with Gasteiger partial charge in [0.2, 0.25) is 0 Å². The predicted molar refractivity (Wildman–Crippen MR) is 164 cm³/mol. The first-order chi connectivity index (χ1) is 20.8. The van der Waals surface area contributed by atoms with Crippen LogP contribution in [0.25, 0.3) is 5.82 Å². The number of amides is 1. The summed E-state index contributed by atoms with van der Waals surface area (Å²) in [5.41, 5.74) is 5.04. The molecule has 1 atom stereocenters. The van der Waals surface area contributed by atoms with Crippen LogP contribution in [0.15, 0.2) is 67.0 Å². The third-order valence-corrected chi connectivity index (χ3v) is 7.80. The summed E-state index contributed by atoms with van der Waals surface area (Å²) in [6, 6.07) is 18.4. The highest BCUT2D eigenvalue weighted by Gasteiger charge is 2.26. The molecule has 1 saturated heterocycles. The lowest BCUT2D eigenvalue weighted by Gasteiger charge is -2.33. The molecule has 1 aliphatic heterocycles. The number of hydrogen-bond donors (Lipinski definition) is 3. The number of carboxylic acids is 1. The molecule has 0 spiro atoms. The number of benzene rings is 1. The van der Waals surface area contributed by atoms with Gasteiger partial charge >= 0.3 is 12.1 Å². The van der Waals surface area contributed by atoms with E-state index in [-0.39, 0.29) is 13.2 Å². The zero-order valence-electron chi connectivity index (χ0n) is 24.7. The van der Waals surface area contributed by atoms with Crippen molar-refractivity contribution in [2.75, 3.05) is 29.9 Å². The van der Waals surface area contributed by atoms with Gasteiger partial charge in [-0.05, 0) is 63.4 Å². The molecule has 0 radical (unpaired) electrons. The molecular formula is C32H37N7O4. The highest BCUT2D eigenvalue weighted by molar-refractivity contribution is 5.80. The molecule has 43 heavy (non-hydrogen) atoms. The Hall–Kier alpha value is -4.93. The quantitative estimate of drug-likeness (QED) is 0.241. The molecule has 3 N–H and O–H groups in total. The molecule has 1 unspecified atom stereocenters. The van der Waals surface area contributed by atoms with Gasteiger partial charge in [-0.25, -0.2) is 24.5 Å². The summed E-state index contributed by atoms with van der Waals surface area (Å²) in [5, 5.41) is 15.2. The topological polar surface area (TPSA) is 134 Å². The molecular weight excluding hydrogens is 546 g/mol. The summed E-state index contributed by atoms with van der Waals surface area (Å²) in [4.78, 5) is 40.2. The van der Waals surface area contributed by atoms with E-state index in [2.05, 4.69) is 74.2 Å². The Labute approximate surface area is 251 Å². The SMILES string of the molecule is Cc1c(NCC(NC(=O)OCc2ccccc2)C(=O)O)ncnc1N1CCC(c2cccc(-n3c(C)ccc3C)n2)CC1. The molecule has 0 bridgehead atoms. The van der Waals surface area contributed by atoms with Crippen molar-refractivity contribution in [2.24, 2.45) is 0 Å². The Bertz CT molecular complexity index is 1550. The molecule has 3 aromatic heterocycles. The molecule has 1 amide bonds.